The molecule has 5 rings (SSSR count). The maximum Gasteiger partial charge on any atom is 0.289 e. The molecule has 0 unspecified atom stereocenters. The average molecular weight is 369 g/mol. The molecule has 0 atom stereocenters. The minimum absolute atomic E-state index is 0.0181. The van der Waals surface area contributed by atoms with Gasteiger partial charge < -0.3 is 14.7 Å². The first-order valence-corrected chi connectivity index (χ1v) is 8.70. The third kappa shape index (κ3) is 2.43. The molecule has 136 valence electrons. The van der Waals surface area contributed by atoms with Gasteiger partial charge >= 0.3 is 0 Å². The summed E-state index contributed by atoms with van der Waals surface area (Å²) in [6, 6.07) is 15.4. The van der Waals surface area contributed by atoms with Crippen molar-refractivity contribution in [1.82, 2.24) is 24.7 Å². The van der Waals surface area contributed by atoms with Crippen LogP contribution in [0.5, 0.6) is 5.88 Å². The molecule has 5 aromatic rings. The first kappa shape index (κ1) is 16.1. The van der Waals surface area contributed by atoms with Crippen LogP contribution in [0.2, 0.25) is 0 Å². The number of aromatic hydroxyl groups is 1. The third-order valence-electron chi connectivity index (χ3n) is 4.58. The number of nitrogens with zero attached hydrogens (tertiary/aromatic N) is 6. The van der Waals surface area contributed by atoms with Gasteiger partial charge in [-0.15, -0.1) is 27.0 Å². The second-order valence-electron chi connectivity index (χ2n) is 6.27. The summed E-state index contributed by atoms with van der Waals surface area (Å²) in [5.74, 6) is 0.128. The third-order valence-corrected chi connectivity index (χ3v) is 4.58. The Morgan fingerprint density at radius 1 is 1.04 bits per heavy atom. The number of nitrogens with one attached hydrogen (secondary N) is 1. The molecule has 0 saturated heterocycles. The van der Waals surface area contributed by atoms with E-state index in [0.717, 1.165) is 21.8 Å². The molecule has 0 saturated carbocycles. The van der Waals surface area contributed by atoms with Crippen molar-refractivity contribution in [3.8, 4) is 5.88 Å². The smallest absolute Gasteiger partial charge is 0.289 e. The van der Waals surface area contributed by atoms with E-state index in [1.165, 1.54) is 0 Å². The van der Waals surface area contributed by atoms with E-state index in [1.807, 2.05) is 48.5 Å². The highest BCUT2D eigenvalue weighted by molar-refractivity contribution is 6.03. The molecule has 3 heterocycles. The van der Waals surface area contributed by atoms with Crippen molar-refractivity contribution in [3.05, 3.63) is 61.2 Å². The standard InChI is InChI=1S/C20H15N7O/c1-2-11-27-15-10-6-4-8-13(15)17(19(27)28)24-26-20-22-18-16(23-25-20)12-7-3-5-9-14(12)21-18/h2-10,28H,1,11H2,(H,21,22,25). The van der Waals surface area contributed by atoms with Gasteiger partial charge in [0.15, 0.2) is 11.3 Å². The van der Waals surface area contributed by atoms with Crippen LogP contribution in [0, 0.1) is 0 Å². The summed E-state index contributed by atoms with van der Waals surface area (Å²) < 4.78 is 1.72. The number of hydrogen-bond acceptors (Lipinski definition) is 6. The second-order valence-corrected chi connectivity index (χ2v) is 6.27. The van der Waals surface area contributed by atoms with E-state index >= 15 is 0 Å². The summed E-state index contributed by atoms with van der Waals surface area (Å²) >= 11 is 0. The molecule has 3 aromatic heterocycles. The molecule has 2 aromatic carbocycles. The highest BCUT2D eigenvalue weighted by atomic mass is 16.3. The Balaban J connectivity index is 1.60. The lowest BCUT2D eigenvalue weighted by atomic mass is 10.2. The number of para-hydroxylation sites is 2. The molecule has 0 fully saturated rings. The molecule has 0 amide bonds. The van der Waals surface area contributed by atoms with Gasteiger partial charge in [0.2, 0.25) is 5.88 Å². The largest absolute Gasteiger partial charge is 0.493 e. The van der Waals surface area contributed by atoms with E-state index in [9.17, 15) is 5.11 Å². The minimum Gasteiger partial charge on any atom is -0.493 e. The predicted octanol–water partition coefficient (Wildman–Crippen LogP) is 4.77. The van der Waals surface area contributed by atoms with Gasteiger partial charge in [-0.2, -0.15) is 4.98 Å². The molecule has 8 nitrogen and oxygen atoms in total. The normalized spacial score (nSPS) is 11.9. The van der Waals surface area contributed by atoms with Crippen LogP contribution >= 0.6 is 0 Å². The number of hydrogen-bond donors (Lipinski definition) is 2. The Morgan fingerprint density at radius 3 is 2.68 bits per heavy atom. The number of azo groups is 1. The van der Waals surface area contributed by atoms with Crippen LogP contribution in [0.25, 0.3) is 33.0 Å². The fourth-order valence-electron chi connectivity index (χ4n) is 3.33. The van der Waals surface area contributed by atoms with Crippen LogP contribution in [0.4, 0.5) is 11.6 Å². The zero-order valence-corrected chi connectivity index (χ0v) is 14.7. The fourth-order valence-corrected chi connectivity index (χ4v) is 3.33. The maximum absolute atomic E-state index is 10.6. The van der Waals surface area contributed by atoms with Crippen LogP contribution < -0.4 is 0 Å². The maximum atomic E-state index is 10.6. The van der Waals surface area contributed by atoms with E-state index < -0.39 is 0 Å². The SMILES string of the molecule is C=CCn1c(O)c(N=Nc2nnc3c(n2)[nH]c2ccccc23)c2ccccc21. The van der Waals surface area contributed by atoms with E-state index in [0.29, 0.717) is 23.4 Å². The number of benzene rings is 2. The second kappa shape index (κ2) is 6.27. The number of H-pyrrole nitrogens is 1. The van der Waals surface area contributed by atoms with E-state index in [4.69, 9.17) is 0 Å². The van der Waals surface area contributed by atoms with E-state index in [2.05, 4.69) is 37.0 Å². The summed E-state index contributed by atoms with van der Waals surface area (Å²) in [5.41, 5.74) is 3.40. The number of rotatable bonds is 4. The van der Waals surface area contributed by atoms with Crippen molar-refractivity contribution in [1.29, 1.82) is 0 Å². The lowest BCUT2D eigenvalue weighted by Gasteiger charge is -2.01. The molecule has 28 heavy (non-hydrogen) atoms. The summed E-state index contributed by atoms with van der Waals surface area (Å²) in [6.07, 6.45) is 1.71. The molecule has 0 radical (unpaired) electrons. The highest BCUT2D eigenvalue weighted by Crippen LogP contribution is 2.39. The van der Waals surface area contributed by atoms with Crippen molar-refractivity contribution in [3.63, 3.8) is 0 Å². The van der Waals surface area contributed by atoms with Gasteiger partial charge in [0.05, 0.1) is 5.52 Å². The van der Waals surface area contributed by atoms with Crippen molar-refractivity contribution >= 4 is 44.6 Å². The molecular weight excluding hydrogens is 354 g/mol. The Morgan fingerprint density at radius 2 is 1.82 bits per heavy atom. The lowest BCUT2D eigenvalue weighted by molar-refractivity contribution is 0.431. The van der Waals surface area contributed by atoms with Crippen molar-refractivity contribution in [2.45, 2.75) is 6.54 Å². The number of aromatic amines is 1. The quantitative estimate of drug-likeness (QED) is 0.352. The first-order chi connectivity index (χ1) is 13.8. The average Bonchev–Trinajstić information content (AvgIpc) is 3.22. The Kier molecular flexibility index (Phi) is 3.61. The summed E-state index contributed by atoms with van der Waals surface area (Å²) in [4.78, 5) is 7.58. The van der Waals surface area contributed by atoms with Crippen LogP contribution in [0.3, 0.4) is 0 Å². The molecule has 0 aliphatic heterocycles. The lowest BCUT2D eigenvalue weighted by Crippen LogP contribution is -1.92. The highest BCUT2D eigenvalue weighted by Gasteiger charge is 2.16. The van der Waals surface area contributed by atoms with E-state index in [1.54, 1.807) is 10.6 Å². The van der Waals surface area contributed by atoms with Gasteiger partial charge in [-0.05, 0) is 12.1 Å². The van der Waals surface area contributed by atoms with Gasteiger partial charge in [-0.1, -0.05) is 42.5 Å². The van der Waals surface area contributed by atoms with Crippen LogP contribution in [-0.2, 0) is 6.54 Å². The van der Waals surface area contributed by atoms with Crippen molar-refractivity contribution in [2.75, 3.05) is 0 Å². The van der Waals surface area contributed by atoms with Gasteiger partial charge in [-0.25, -0.2) is 0 Å². The van der Waals surface area contributed by atoms with Gasteiger partial charge in [-0.3, -0.25) is 0 Å². The summed E-state index contributed by atoms with van der Waals surface area (Å²) in [6.45, 7) is 4.20. The number of fused-ring (bicyclic) bond motifs is 4. The van der Waals surface area contributed by atoms with Crippen LogP contribution in [-0.4, -0.2) is 29.8 Å². The Bertz CT molecular complexity index is 1380. The zero-order valence-electron chi connectivity index (χ0n) is 14.7. The Labute approximate surface area is 158 Å². The minimum atomic E-state index is 0.0181. The predicted molar refractivity (Wildman–Crippen MR) is 107 cm³/mol. The monoisotopic (exact) mass is 369 g/mol. The van der Waals surface area contributed by atoms with Gasteiger partial charge in [0, 0.05) is 22.8 Å². The zero-order chi connectivity index (χ0) is 19.1. The number of allylic oxidation sites excluding steroid dienone is 1. The Hall–Kier alpha value is -4.07. The molecule has 0 aliphatic carbocycles. The molecular formula is C20H15N7O. The molecule has 2 N–H and O–H groups in total. The molecule has 0 bridgehead atoms. The van der Waals surface area contributed by atoms with E-state index in [-0.39, 0.29) is 11.8 Å². The van der Waals surface area contributed by atoms with Gasteiger partial charge in [0.25, 0.3) is 5.95 Å². The van der Waals surface area contributed by atoms with Crippen LogP contribution in [0.1, 0.15) is 0 Å². The summed E-state index contributed by atoms with van der Waals surface area (Å²) in [5, 5.41) is 28.9. The summed E-state index contributed by atoms with van der Waals surface area (Å²) in [7, 11) is 0. The fraction of sp³-hybridized carbons (Fsp3) is 0.0500. The van der Waals surface area contributed by atoms with Crippen molar-refractivity contribution < 1.29 is 5.11 Å². The van der Waals surface area contributed by atoms with Crippen molar-refractivity contribution in [2.24, 2.45) is 10.2 Å². The van der Waals surface area contributed by atoms with Crippen LogP contribution in [0.15, 0.2) is 71.4 Å². The number of aromatic nitrogens is 5. The molecule has 0 aliphatic rings. The molecule has 0 spiro atoms. The molecule has 8 heteroatoms. The topological polar surface area (TPSA) is 104 Å². The van der Waals surface area contributed by atoms with Gasteiger partial charge in [0.1, 0.15) is 5.52 Å². The first-order valence-electron chi connectivity index (χ1n) is 8.70.